The van der Waals surface area contributed by atoms with Gasteiger partial charge in [0.2, 0.25) is 0 Å². The van der Waals surface area contributed by atoms with Crippen LogP contribution in [0.4, 0.5) is 11.4 Å². The van der Waals surface area contributed by atoms with Gasteiger partial charge in [-0.1, -0.05) is 35.3 Å². The van der Waals surface area contributed by atoms with Crippen LogP contribution in [0.2, 0.25) is 10.0 Å². The number of benzene rings is 2. The molecule has 0 spiro atoms. The Morgan fingerprint density at radius 2 is 1.26 bits per heavy atom. The Balaban J connectivity index is 0.000000185. The lowest BCUT2D eigenvalue weighted by Crippen LogP contribution is -2.41. The maximum Gasteiger partial charge on any atom is 0.494 e. The molecule has 3 heterocycles. The molecule has 1 aliphatic heterocycles. The van der Waals surface area contributed by atoms with Crippen LogP contribution in [0.15, 0.2) is 77.8 Å². The smallest absolute Gasteiger partial charge is 0.399 e. The molecule has 214 valence electrons. The summed E-state index contributed by atoms with van der Waals surface area (Å²) >= 11 is 15.2. The molecule has 0 saturated carbocycles. The fourth-order valence-corrected chi connectivity index (χ4v) is 4.41. The molecule has 0 unspecified atom stereocenters. The van der Waals surface area contributed by atoms with Gasteiger partial charge in [0.05, 0.1) is 43.7 Å². The molecule has 0 aliphatic carbocycles. The molecule has 0 amide bonds. The first kappa shape index (κ1) is 32.9. The van der Waals surface area contributed by atoms with Gasteiger partial charge >= 0.3 is 7.12 Å². The number of hydrogen-bond acceptors (Lipinski definition) is 8. The van der Waals surface area contributed by atoms with Gasteiger partial charge in [0, 0.05) is 34.8 Å². The second-order valence-corrected chi connectivity index (χ2v) is 11.9. The van der Waals surface area contributed by atoms with Crippen LogP contribution in [0.3, 0.4) is 0 Å². The van der Waals surface area contributed by atoms with E-state index in [2.05, 4.69) is 25.9 Å². The van der Waals surface area contributed by atoms with Crippen molar-refractivity contribution in [1.29, 1.82) is 10.5 Å². The lowest BCUT2D eigenvalue weighted by molar-refractivity contribution is 0.00578. The van der Waals surface area contributed by atoms with E-state index < -0.39 is 7.12 Å². The third-order valence-electron chi connectivity index (χ3n) is 6.55. The molecule has 0 atom stereocenters. The van der Waals surface area contributed by atoms with Gasteiger partial charge in [-0.25, -0.2) is 0 Å². The third kappa shape index (κ3) is 8.45. The molecule has 1 saturated heterocycles. The van der Waals surface area contributed by atoms with Crippen LogP contribution in [-0.2, 0) is 9.31 Å². The number of aromatic nitrogens is 2. The highest BCUT2D eigenvalue weighted by Crippen LogP contribution is 2.36. The summed E-state index contributed by atoms with van der Waals surface area (Å²) in [7, 11) is -0.444. The Morgan fingerprint density at radius 1 is 0.738 bits per heavy atom. The van der Waals surface area contributed by atoms with Gasteiger partial charge in [-0.05, 0) is 91.0 Å². The number of rotatable bonds is 2. The van der Waals surface area contributed by atoms with Gasteiger partial charge < -0.3 is 20.8 Å². The Morgan fingerprint density at radius 3 is 1.71 bits per heavy atom. The average Bonchev–Trinajstić information content (AvgIpc) is 3.15. The first-order chi connectivity index (χ1) is 19.8. The number of nitriles is 2. The molecular formula is C30H28BBrCl2N6O2. The van der Waals surface area contributed by atoms with Gasteiger partial charge in [-0.15, -0.1) is 0 Å². The van der Waals surface area contributed by atoms with E-state index >= 15 is 0 Å². The van der Waals surface area contributed by atoms with Crippen molar-refractivity contribution in [2.45, 2.75) is 38.9 Å². The molecule has 1 fully saturated rings. The highest BCUT2D eigenvalue weighted by Gasteiger charge is 2.51. The molecule has 12 heteroatoms. The summed E-state index contributed by atoms with van der Waals surface area (Å²) in [6.07, 6.45) is 6.57. The summed E-state index contributed by atoms with van der Waals surface area (Å²) in [5, 5.41) is 18.5. The Bertz CT molecular complexity index is 1620. The van der Waals surface area contributed by atoms with Crippen molar-refractivity contribution in [1.82, 2.24) is 9.97 Å². The number of anilines is 2. The molecule has 2 aromatic carbocycles. The zero-order valence-corrected chi connectivity index (χ0v) is 26.5. The molecule has 4 aromatic rings. The van der Waals surface area contributed by atoms with E-state index in [0.29, 0.717) is 32.5 Å². The molecule has 42 heavy (non-hydrogen) atoms. The summed E-state index contributed by atoms with van der Waals surface area (Å²) in [5.41, 5.74) is 15.1. The fraction of sp³-hybridized carbons (Fsp3) is 0.200. The maximum atomic E-state index is 8.84. The van der Waals surface area contributed by atoms with E-state index in [9.17, 15) is 0 Å². The molecule has 2 aromatic heterocycles. The van der Waals surface area contributed by atoms with E-state index in [1.807, 2.05) is 58.0 Å². The summed E-state index contributed by atoms with van der Waals surface area (Å²) in [6.45, 7) is 7.99. The molecular weight excluding hydrogens is 638 g/mol. The minimum absolute atomic E-state index is 0.377. The summed E-state index contributed by atoms with van der Waals surface area (Å²) in [5.74, 6) is 0. The zero-order chi connectivity index (χ0) is 31.1. The van der Waals surface area contributed by atoms with Crippen molar-refractivity contribution in [3.8, 4) is 23.3 Å². The molecule has 0 bridgehead atoms. The largest absolute Gasteiger partial charge is 0.494 e. The number of nitrogens with two attached hydrogens (primary N) is 2. The lowest BCUT2D eigenvalue weighted by atomic mass is 9.79. The second-order valence-electron chi connectivity index (χ2n) is 10.2. The molecule has 4 N–H and O–H groups in total. The van der Waals surface area contributed by atoms with Crippen LogP contribution in [0.5, 0.6) is 0 Å². The van der Waals surface area contributed by atoms with E-state index in [4.69, 9.17) is 54.5 Å². The van der Waals surface area contributed by atoms with Gasteiger partial charge in [-0.3, -0.25) is 9.97 Å². The predicted octanol–water partition coefficient (Wildman–Crippen LogP) is 6.79. The molecule has 0 radical (unpaired) electrons. The summed E-state index contributed by atoms with van der Waals surface area (Å²) in [6, 6.07) is 18.1. The van der Waals surface area contributed by atoms with Crippen LogP contribution in [0.25, 0.3) is 11.1 Å². The Labute approximate surface area is 264 Å². The SMILES string of the molecule is CC1(C)OB(c2ccc(C#N)c(Cl)c2)OC1(C)C.N#Cc1ccc(-c2cncc(N)c2)cc1Cl.Nc1cncc(Br)c1. The maximum absolute atomic E-state index is 8.84. The number of hydrogen-bond donors (Lipinski definition) is 2. The summed E-state index contributed by atoms with van der Waals surface area (Å²) in [4.78, 5) is 7.81. The number of nitrogen functional groups attached to an aromatic ring is 2. The number of pyridine rings is 2. The second kappa shape index (κ2) is 14.0. The van der Waals surface area contributed by atoms with Crippen molar-refractivity contribution in [2.24, 2.45) is 0 Å². The first-order valence-electron chi connectivity index (χ1n) is 12.6. The number of nitrogens with zero attached hydrogens (tertiary/aromatic N) is 4. The predicted molar refractivity (Wildman–Crippen MR) is 172 cm³/mol. The quantitative estimate of drug-likeness (QED) is 0.223. The lowest BCUT2D eigenvalue weighted by Gasteiger charge is -2.32. The van der Waals surface area contributed by atoms with Crippen molar-refractivity contribution < 1.29 is 9.31 Å². The van der Waals surface area contributed by atoms with E-state index in [-0.39, 0.29) is 11.2 Å². The van der Waals surface area contributed by atoms with E-state index in [0.717, 1.165) is 21.1 Å². The van der Waals surface area contributed by atoms with Gasteiger partial charge in [0.25, 0.3) is 0 Å². The first-order valence-corrected chi connectivity index (χ1v) is 14.1. The molecule has 8 nitrogen and oxygen atoms in total. The van der Waals surface area contributed by atoms with Crippen LogP contribution >= 0.6 is 39.1 Å². The van der Waals surface area contributed by atoms with Gasteiger partial charge in [0.15, 0.2) is 0 Å². The van der Waals surface area contributed by atoms with Crippen molar-refractivity contribution >= 4 is 63.1 Å². The Hall–Kier alpha value is -3.64. The molecule has 5 rings (SSSR count). The highest BCUT2D eigenvalue weighted by molar-refractivity contribution is 9.10. The molecule has 1 aliphatic rings. The zero-order valence-electron chi connectivity index (χ0n) is 23.4. The monoisotopic (exact) mass is 664 g/mol. The third-order valence-corrected chi connectivity index (χ3v) is 7.61. The summed E-state index contributed by atoms with van der Waals surface area (Å²) < 4.78 is 12.7. The average molecular weight is 666 g/mol. The standard InChI is InChI=1S/C13H15BClNO2.C12H8ClN3.C5H5BrN2/c1-12(2)13(3,4)18-14(17-12)10-6-5-9(8-16)11(15)7-10;13-12-4-8(1-2-9(12)5-14)10-3-11(15)7-16-6-10;6-4-1-5(7)3-8-2-4/h5-7H,1-4H3;1-4,6-7H,15H2;1-3H,7H2. The topological polar surface area (TPSA) is 144 Å². The Kier molecular flexibility index (Phi) is 11.0. The van der Waals surface area contributed by atoms with Gasteiger partial charge in [0.1, 0.15) is 12.1 Å². The number of halogens is 3. The van der Waals surface area contributed by atoms with Gasteiger partial charge in [-0.2, -0.15) is 10.5 Å². The van der Waals surface area contributed by atoms with Crippen LogP contribution in [-0.4, -0.2) is 28.3 Å². The minimum Gasteiger partial charge on any atom is -0.399 e. The van der Waals surface area contributed by atoms with Crippen molar-refractivity contribution in [3.05, 3.63) is 99.0 Å². The minimum atomic E-state index is -0.444. The van der Waals surface area contributed by atoms with E-state index in [1.165, 1.54) is 0 Å². The van der Waals surface area contributed by atoms with Crippen LogP contribution in [0, 0.1) is 22.7 Å². The fourth-order valence-electron chi connectivity index (χ4n) is 3.58. The van der Waals surface area contributed by atoms with Crippen LogP contribution in [0.1, 0.15) is 38.8 Å². The van der Waals surface area contributed by atoms with Crippen molar-refractivity contribution in [3.63, 3.8) is 0 Å². The van der Waals surface area contributed by atoms with E-state index in [1.54, 1.807) is 55.1 Å². The normalized spacial score (nSPS) is 14.4. The van der Waals surface area contributed by atoms with Crippen LogP contribution < -0.4 is 16.9 Å². The highest BCUT2D eigenvalue weighted by atomic mass is 79.9. The van der Waals surface area contributed by atoms with Crippen molar-refractivity contribution in [2.75, 3.05) is 11.5 Å².